The first-order valence-corrected chi connectivity index (χ1v) is 5.88. The Balaban J connectivity index is 0.000000492. The highest BCUT2D eigenvalue weighted by molar-refractivity contribution is 7.87. The molecule has 9 heteroatoms. The van der Waals surface area contributed by atoms with Crippen LogP contribution < -0.4 is 11.2 Å². The Morgan fingerprint density at radius 2 is 2.11 bits per heavy atom. The van der Waals surface area contributed by atoms with E-state index in [1.807, 2.05) is 0 Å². The van der Waals surface area contributed by atoms with Crippen LogP contribution in [0.5, 0.6) is 0 Å². The van der Waals surface area contributed by atoms with E-state index in [1.165, 1.54) is 16.8 Å². The minimum absolute atomic E-state index is 0.0470. The summed E-state index contributed by atoms with van der Waals surface area (Å²) in [6, 6.07) is 1.27. The van der Waals surface area contributed by atoms with Crippen molar-refractivity contribution in [3.8, 4) is 0 Å². The van der Waals surface area contributed by atoms with Gasteiger partial charge in [0, 0.05) is 12.3 Å². The summed E-state index contributed by atoms with van der Waals surface area (Å²) in [5.74, 6) is 0. The number of aromatic amines is 1. The molecule has 1 saturated heterocycles. The number of aliphatic hydroxyl groups is 1. The van der Waals surface area contributed by atoms with Crippen molar-refractivity contribution in [2.75, 3.05) is 6.61 Å². The van der Waals surface area contributed by atoms with Gasteiger partial charge >= 0.3 is 5.69 Å². The predicted octanol–water partition coefficient (Wildman–Crippen LogP) is -0.128. The molecule has 0 saturated carbocycles. The molecule has 0 radical (unpaired) electrons. The van der Waals surface area contributed by atoms with Crippen molar-refractivity contribution >= 4 is 12.3 Å². The molecule has 102 valence electrons. The average molecular weight is 278 g/mol. The second-order valence-electron chi connectivity index (χ2n) is 3.57. The SMILES string of the molecule is O=c1ccn(C2CCC(CO)O2)c(=O)[nH]1.OSO. The zero-order valence-corrected chi connectivity index (χ0v) is 10.2. The molecule has 0 aliphatic carbocycles. The van der Waals surface area contributed by atoms with Gasteiger partial charge < -0.3 is 18.9 Å². The number of aromatic nitrogens is 2. The van der Waals surface area contributed by atoms with Crippen LogP contribution in [-0.4, -0.2) is 36.5 Å². The van der Waals surface area contributed by atoms with E-state index in [1.54, 1.807) is 0 Å². The smallest absolute Gasteiger partial charge is 0.330 e. The largest absolute Gasteiger partial charge is 0.394 e. The summed E-state index contributed by atoms with van der Waals surface area (Å²) in [6.07, 6.45) is 2.19. The third kappa shape index (κ3) is 3.96. The van der Waals surface area contributed by atoms with Crippen LogP contribution in [-0.2, 0) is 4.74 Å². The van der Waals surface area contributed by atoms with Crippen molar-refractivity contribution in [1.82, 2.24) is 9.55 Å². The molecule has 1 aromatic rings. The Bertz CT molecular complexity index is 473. The van der Waals surface area contributed by atoms with E-state index in [0.717, 1.165) is 0 Å². The van der Waals surface area contributed by atoms with Crippen LogP contribution in [0.4, 0.5) is 0 Å². The number of nitrogens with one attached hydrogen (secondary N) is 1. The fourth-order valence-electron chi connectivity index (χ4n) is 1.68. The second-order valence-corrected chi connectivity index (χ2v) is 3.74. The molecule has 2 rings (SSSR count). The van der Waals surface area contributed by atoms with E-state index in [0.29, 0.717) is 12.8 Å². The molecular weight excluding hydrogens is 264 g/mol. The van der Waals surface area contributed by atoms with Gasteiger partial charge in [0.15, 0.2) is 12.3 Å². The van der Waals surface area contributed by atoms with E-state index in [4.69, 9.17) is 18.9 Å². The fraction of sp³-hybridized carbons (Fsp3) is 0.556. The molecule has 0 spiro atoms. The molecule has 18 heavy (non-hydrogen) atoms. The second kappa shape index (κ2) is 7.34. The Morgan fingerprint density at radius 1 is 1.44 bits per heavy atom. The number of hydrogen-bond donors (Lipinski definition) is 4. The van der Waals surface area contributed by atoms with Crippen molar-refractivity contribution in [2.45, 2.75) is 25.2 Å². The monoisotopic (exact) mass is 278 g/mol. The van der Waals surface area contributed by atoms with Gasteiger partial charge in [-0.3, -0.25) is 14.3 Å². The zero-order chi connectivity index (χ0) is 13.5. The number of ether oxygens (including phenoxy) is 1. The molecule has 2 atom stereocenters. The van der Waals surface area contributed by atoms with Crippen molar-refractivity contribution in [3.63, 3.8) is 0 Å². The van der Waals surface area contributed by atoms with E-state index in [-0.39, 0.29) is 31.3 Å². The molecule has 1 fully saturated rings. The Labute approximate surface area is 106 Å². The van der Waals surface area contributed by atoms with Gasteiger partial charge in [-0.05, 0) is 12.8 Å². The molecule has 2 unspecified atom stereocenters. The average Bonchev–Trinajstić information content (AvgIpc) is 2.78. The first-order chi connectivity index (χ1) is 8.62. The normalized spacial score (nSPS) is 22.4. The summed E-state index contributed by atoms with van der Waals surface area (Å²) in [4.78, 5) is 24.4. The van der Waals surface area contributed by atoms with Crippen LogP contribution in [0.25, 0.3) is 0 Å². The lowest BCUT2D eigenvalue weighted by atomic mass is 10.2. The minimum atomic E-state index is -0.480. The van der Waals surface area contributed by atoms with Crippen LogP contribution in [0.1, 0.15) is 19.1 Å². The molecule has 4 N–H and O–H groups in total. The first kappa shape index (κ1) is 14.9. The Hall–Kier alpha value is -1.13. The maximum Gasteiger partial charge on any atom is 0.330 e. The fourth-order valence-corrected chi connectivity index (χ4v) is 1.68. The molecule has 1 aliphatic heterocycles. The Morgan fingerprint density at radius 3 is 2.61 bits per heavy atom. The lowest BCUT2D eigenvalue weighted by Gasteiger charge is -2.13. The zero-order valence-electron chi connectivity index (χ0n) is 9.35. The van der Waals surface area contributed by atoms with Gasteiger partial charge in [0.25, 0.3) is 5.56 Å². The number of hydrogen-bond acceptors (Lipinski definition) is 7. The van der Waals surface area contributed by atoms with Gasteiger partial charge in [-0.15, -0.1) is 0 Å². The van der Waals surface area contributed by atoms with Crippen LogP contribution in [0.3, 0.4) is 0 Å². The lowest BCUT2D eigenvalue weighted by Crippen LogP contribution is -2.31. The maximum absolute atomic E-state index is 11.4. The van der Waals surface area contributed by atoms with Gasteiger partial charge in [-0.1, -0.05) is 0 Å². The third-order valence-electron chi connectivity index (χ3n) is 2.45. The third-order valence-corrected chi connectivity index (χ3v) is 2.45. The highest BCUT2D eigenvalue weighted by Gasteiger charge is 2.26. The van der Waals surface area contributed by atoms with Crippen LogP contribution in [0.15, 0.2) is 21.9 Å². The summed E-state index contributed by atoms with van der Waals surface area (Å²) < 4.78 is 20.8. The highest BCUT2D eigenvalue weighted by Crippen LogP contribution is 2.26. The standard InChI is InChI=1S/C9H12N2O4.H2O2S/c12-5-6-1-2-8(15-6)11-4-3-7(13)10-9(11)14;1-3-2/h3-4,6,8,12H,1-2,5H2,(H,10,13,14);1-2H. The van der Waals surface area contributed by atoms with E-state index >= 15 is 0 Å². The number of nitrogens with zero attached hydrogens (tertiary/aromatic N) is 1. The summed E-state index contributed by atoms with van der Waals surface area (Å²) in [7, 11) is 0. The summed E-state index contributed by atoms with van der Waals surface area (Å²) in [6.45, 7) is -0.0470. The highest BCUT2D eigenvalue weighted by atomic mass is 32.2. The van der Waals surface area contributed by atoms with Crippen molar-refractivity contribution in [1.29, 1.82) is 0 Å². The molecule has 0 amide bonds. The van der Waals surface area contributed by atoms with Gasteiger partial charge in [-0.25, -0.2) is 4.79 Å². The van der Waals surface area contributed by atoms with Crippen molar-refractivity contribution in [2.24, 2.45) is 0 Å². The number of aliphatic hydroxyl groups excluding tert-OH is 1. The van der Waals surface area contributed by atoms with Gasteiger partial charge in [0.1, 0.15) is 6.23 Å². The van der Waals surface area contributed by atoms with Crippen molar-refractivity contribution in [3.05, 3.63) is 33.1 Å². The van der Waals surface area contributed by atoms with Gasteiger partial charge in [-0.2, -0.15) is 0 Å². The van der Waals surface area contributed by atoms with Gasteiger partial charge in [0.05, 0.1) is 12.7 Å². The van der Waals surface area contributed by atoms with Gasteiger partial charge in [0.2, 0.25) is 0 Å². The molecule has 0 aromatic carbocycles. The summed E-state index contributed by atoms with van der Waals surface area (Å²) in [5, 5.41) is 8.87. The topological polar surface area (TPSA) is 125 Å². The molecule has 0 bridgehead atoms. The van der Waals surface area contributed by atoms with Crippen molar-refractivity contribution < 1.29 is 18.9 Å². The van der Waals surface area contributed by atoms with E-state index in [9.17, 15) is 9.59 Å². The molecule has 1 aromatic heterocycles. The van der Waals surface area contributed by atoms with Crippen LogP contribution >= 0.6 is 12.3 Å². The van der Waals surface area contributed by atoms with Crippen LogP contribution in [0.2, 0.25) is 0 Å². The molecular formula is C9H14N2O6S. The number of H-pyrrole nitrogens is 1. The lowest BCUT2D eigenvalue weighted by molar-refractivity contribution is -0.0246. The number of rotatable bonds is 2. The van der Waals surface area contributed by atoms with E-state index in [2.05, 4.69) is 4.98 Å². The quantitative estimate of drug-likeness (QED) is 0.555. The summed E-state index contributed by atoms with van der Waals surface area (Å²) >= 11 is -0.250. The van der Waals surface area contributed by atoms with E-state index < -0.39 is 11.2 Å². The predicted molar refractivity (Wildman–Crippen MR) is 64.4 cm³/mol. The minimum Gasteiger partial charge on any atom is -0.394 e. The molecule has 2 heterocycles. The first-order valence-electron chi connectivity index (χ1n) is 5.15. The maximum atomic E-state index is 11.4. The summed E-state index contributed by atoms with van der Waals surface area (Å²) in [5.41, 5.74) is -0.904. The Kier molecular flexibility index (Phi) is 6.09. The molecule has 8 nitrogen and oxygen atoms in total. The molecule has 1 aliphatic rings. The van der Waals surface area contributed by atoms with Crippen LogP contribution in [0, 0.1) is 0 Å².